The third kappa shape index (κ3) is 7.37. The fourth-order valence-electron chi connectivity index (χ4n) is 1.56. The van der Waals surface area contributed by atoms with Gasteiger partial charge in [0.05, 0.1) is 13.2 Å². The van der Waals surface area contributed by atoms with Crippen LogP contribution in [0.4, 0.5) is 0 Å². The minimum atomic E-state index is 0. The number of rotatable bonds is 6. The first-order valence-electron chi connectivity index (χ1n) is 6.25. The number of halogens is 1. The van der Waals surface area contributed by atoms with E-state index in [0.29, 0.717) is 31.6 Å². The van der Waals surface area contributed by atoms with Crippen molar-refractivity contribution in [3.63, 3.8) is 0 Å². The highest BCUT2D eigenvalue weighted by molar-refractivity contribution is 14.0. The second-order valence-electron chi connectivity index (χ2n) is 4.52. The molecule has 0 saturated carbocycles. The average molecular weight is 377 g/mol. The minimum absolute atomic E-state index is 0. The maximum atomic E-state index is 5.74. The van der Waals surface area contributed by atoms with E-state index in [1.165, 1.54) is 11.1 Å². The number of nitrogens with two attached hydrogens (primary N) is 1. The standard InChI is InChI=1S/C14H23N3O.HI/c1-11(2)13-6-4-5-12(9-13)10-17-14(15)16-7-8-18-3;/h4-6,9,11H,7-8,10H2,1-3H3,(H3,15,16,17);1H. The van der Waals surface area contributed by atoms with E-state index in [4.69, 9.17) is 10.5 Å². The van der Waals surface area contributed by atoms with Crippen LogP contribution in [0, 0.1) is 0 Å². The largest absolute Gasteiger partial charge is 0.383 e. The van der Waals surface area contributed by atoms with Crippen molar-refractivity contribution in [2.45, 2.75) is 26.3 Å². The summed E-state index contributed by atoms with van der Waals surface area (Å²) < 4.78 is 4.92. The number of methoxy groups -OCH3 is 1. The molecule has 1 aromatic rings. The first kappa shape index (κ1) is 18.2. The number of hydrogen-bond donors (Lipinski definition) is 2. The van der Waals surface area contributed by atoms with Crippen LogP contribution < -0.4 is 11.1 Å². The van der Waals surface area contributed by atoms with Gasteiger partial charge in [0.15, 0.2) is 5.96 Å². The molecule has 5 heteroatoms. The molecule has 0 aliphatic rings. The van der Waals surface area contributed by atoms with E-state index in [1.54, 1.807) is 7.11 Å². The van der Waals surface area contributed by atoms with Gasteiger partial charge in [-0.2, -0.15) is 0 Å². The molecule has 1 rings (SSSR count). The van der Waals surface area contributed by atoms with E-state index in [9.17, 15) is 0 Å². The van der Waals surface area contributed by atoms with Crippen LogP contribution in [0.2, 0.25) is 0 Å². The summed E-state index contributed by atoms with van der Waals surface area (Å²) in [7, 11) is 1.66. The Hall–Kier alpha value is -0.820. The number of benzene rings is 1. The molecule has 0 aromatic heterocycles. The summed E-state index contributed by atoms with van der Waals surface area (Å²) in [6.45, 7) is 6.27. The third-order valence-electron chi connectivity index (χ3n) is 2.66. The van der Waals surface area contributed by atoms with Gasteiger partial charge < -0.3 is 15.8 Å². The summed E-state index contributed by atoms with van der Waals surface area (Å²) in [5, 5.41) is 2.99. The summed E-state index contributed by atoms with van der Waals surface area (Å²) in [6.07, 6.45) is 0. The van der Waals surface area contributed by atoms with Crippen molar-refractivity contribution in [1.82, 2.24) is 5.32 Å². The first-order valence-corrected chi connectivity index (χ1v) is 6.25. The zero-order valence-electron chi connectivity index (χ0n) is 11.8. The van der Waals surface area contributed by atoms with Crippen molar-refractivity contribution < 1.29 is 4.74 Å². The van der Waals surface area contributed by atoms with Gasteiger partial charge in [-0.3, -0.25) is 0 Å². The Kier molecular flexibility index (Phi) is 9.59. The Morgan fingerprint density at radius 2 is 2.16 bits per heavy atom. The molecule has 19 heavy (non-hydrogen) atoms. The van der Waals surface area contributed by atoms with E-state index in [-0.39, 0.29) is 24.0 Å². The predicted octanol–water partition coefficient (Wildman–Crippen LogP) is 2.48. The topological polar surface area (TPSA) is 59.6 Å². The van der Waals surface area contributed by atoms with Gasteiger partial charge in [0.25, 0.3) is 0 Å². The lowest BCUT2D eigenvalue weighted by molar-refractivity contribution is 0.204. The van der Waals surface area contributed by atoms with Gasteiger partial charge in [0, 0.05) is 13.7 Å². The fraction of sp³-hybridized carbons (Fsp3) is 0.500. The normalized spacial score (nSPS) is 11.3. The smallest absolute Gasteiger partial charge is 0.188 e. The molecule has 0 fully saturated rings. The molecule has 0 radical (unpaired) electrons. The van der Waals surface area contributed by atoms with Crippen molar-refractivity contribution in [1.29, 1.82) is 0 Å². The molecule has 0 atom stereocenters. The van der Waals surface area contributed by atoms with Gasteiger partial charge in [0.1, 0.15) is 0 Å². The van der Waals surface area contributed by atoms with Crippen LogP contribution in [0.25, 0.3) is 0 Å². The molecule has 0 aliphatic carbocycles. The lowest BCUT2D eigenvalue weighted by atomic mass is 10.0. The Labute approximate surface area is 132 Å². The fourth-order valence-corrected chi connectivity index (χ4v) is 1.56. The maximum Gasteiger partial charge on any atom is 0.188 e. The van der Waals surface area contributed by atoms with Crippen molar-refractivity contribution >= 4 is 29.9 Å². The molecular weight excluding hydrogens is 353 g/mol. The SMILES string of the molecule is COCCNC(N)=NCc1cccc(C(C)C)c1.I. The average Bonchev–Trinajstić information content (AvgIpc) is 2.37. The number of nitrogens with zero attached hydrogens (tertiary/aromatic N) is 1. The zero-order chi connectivity index (χ0) is 13.4. The highest BCUT2D eigenvalue weighted by atomic mass is 127. The molecule has 3 N–H and O–H groups in total. The first-order chi connectivity index (χ1) is 8.63. The highest BCUT2D eigenvalue weighted by Crippen LogP contribution is 2.15. The van der Waals surface area contributed by atoms with E-state index >= 15 is 0 Å². The summed E-state index contributed by atoms with van der Waals surface area (Å²) in [6, 6.07) is 8.45. The summed E-state index contributed by atoms with van der Waals surface area (Å²) in [5.74, 6) is 0.994. The third-order valence-corrected chi connectivity index (χ3v) is 2.66. The van der Waals surface area contributed by atoms with E-state index in [1.807, 2.05) is 0 Å². The number of aliphatic imine (C=N–C) groups is 1. The van der Waals surface area contributed by atoms with Gasteiger partial charge in [-0.15, -0.1) is 24.0 Å². The Bertz CT molecular complexity index is 394. The van der Waals surface area contributed by atoms with Crippen molar-refractivity contribution in [3.05, 3.63) is 35.4 Å². The number of ether oxygens (including phenoxy) is 1. The van der Waals surface area contributed by atoms with Crippen LogP contribution in [0.15, 0.2) is 29.3 Å². The number of nitrogens with one attached hydrogen (secondary N) is 1. The quantitative estimate of drug-likeness (QED) is 0.347. The number of guanidine groups is 1. The van der Waals surface area contributed by atoms with Crippen LogP contribution in [-0.4, -0.2) is 26.2 Å². The van der Waals surface area contributed by atoms with Gasteiger partial charge >= 0.3 is 0 Å². The van der Waals surface area contributed by atoms with Gasteiger partial charge in [0.2, 0.25) is 0 Å². The second kappa shape index (κ2) is 10.0. The predicted molar refractivity (Wildman–Crippen MR) is 91.2 cm³/mol. The Balaban J connectivity index is 0.00000324. The molecule has 0 unspecified atom stereocenters. The molecule has 0 heterocycles. The summed E-state index contributed by atoms with van der Waals surface area (Å²) >= 11 is 0. The zero-order valence-corrected chi connectivity index (χ0v) is 14.2. The molecule has 0 bridgehead atoms. The Morgan fingerprint density at radius 1 is 1.42 bits per heavy atom. The van der Waals surface area contributed by atoms with E-state index < -0.39 is 0 Å². The van der Waals surface area contributed by atoms with Crippen molar-refractivity contribution in [2.75, 3.05) is 20.3 Å². The molecule has 0 aliphatic heterocycles. The molecule has 108 valence electrons. The van der Waals surface area contributed by atoms with Crippen molar-refractivity contribution in [3.8, 4) is 0 Å². The van der Waals surface area contributed by atoms with Crippen LogP contribution in [0.3, 0.4) is 0 Å². The molecule has 0 spiro atoms. The highest BCUT2D eigenvalue weighted by Gasteiger charge is 2.00. The molecule has 0 amide bonds. The molecule has 4 nitrogen and oxygen atoms in total. The lowest BCUT2D eigenvalue weighted by Gasteiger charge is -2.07. The minimum Gasteiger partial charge on any atom is -0.383 e. The van der Waals surface area contributed by atoms with Crippen molar-refractivity contribution in [2.24, 2.45) is 10.7 Å². The second-order valence-corrected chi connectivity index (χ2v) is 4.52. The van der Waals surface area contributed by atoms with Crippen LogP contribution in [0.5, 0.6) is 0 Å². The van der Waals surface area contributed by atoms with Crippen LogP contribution >= 0.6 is 24.0 Å². The summed E-state index contributed by atoms with van der Waals surface area (Å²) in [4.78, 5) is 4.29. The maximum absolute atomic E-state index is 5.74. The lowest BCUT2D eigenvalue weighted by Crippen LogP contribution is -2.34. The van der Waals surface area contributed by atoms with Crippen LogP contribution in [-0.2, 0) is 11.3 Å². The van der Waals surface area contributed by atoms with Gasteiger partial charge in [-0.25, -0.2) is 4.99 Å². The Morgan fingerprint density at radius 3 is 2.79 bits per heavy atom. The summed E-state index contributed by atoms with van der Waals surface area (Å²) in [5.41, 5.74) is 8.25. The van der Waals surface area contributed by atoms with Gasteiger partial charge in [-0.1, -0.05) is 38.1 Å². The molecular formula is C14H24IN3O. The van der Waals surface area contributed by atoms with Crippen LogP contribution in [0.1, 0.15) is 30.9 Å². The van der Waals surface area contributed by atoms with E-state index in [2.05, 4.69) is 48.4 Å². The molecule has 0 saturated heterocycles. The molecule has 1 aromatic carbocycles. The number of hydrogen-bond acceptors (Lipinski definition) is 2. The van der Waals surface area contributed by atoms with Gasteiger partial charge in [-0.05, 0) is 17.0 Å². The van der Waals surface area contributed by atoms with E-state index in [0.717, 1.165) is 0 Å². The monoisotopic (exact) mass is 377 g/mol.